The Morgan fingerprint density at radius 3 is 2.50 bits per heavy atom. The maximum absolute atomic E-state index is 13.9. The normalized spacial score (nSPS) is 11.8. The molecule has 7 heteroatoms. The van der Waals surface area contributed by atoms with Gasteiger partial charge in [-0.2, -0.15) is 0 Å². The number of anilines is 1. The lowest BCUT2D eigenvalue weighted by atomic mass is 9.94. The zero-order chi connectivity index (χ0) is 17.9. The van der Waals surface area contributed by atoms with Crippen LogP contribution in [0.4, 0.5) is 14.5 Å². The van der Waals surface area contributed by atoms with Crippen molar-refractivity contribution in [3.8, 4) is 5.75 Å². The fourth-order valence-corrected chi connectivity index (χ4v) is 2.32. The molecule has 0 spiro atoms. The van der Waals surface area contributed by atoms with Crippen LogP contribution in [0, 0.1) is 17.6 Å². The number of benzene rings is 2. The highest BCUT2D eigenvalue weighted by Gasteiger charge is 2.26. The number of ketones is 1. The number of rotatable bonds is 5. The lowest BCUT2D eigenvalue weighted by Gasteiger charge is -2.15. The van der Waals surface area contributed by atoms with Gasteiger partial charge in [-0.1, -0.05) is 17.7 Å². The molecule has 2 aromatic carbocycles. The first-order chi connectivity index (χ1) is 11.3. The number of Topliss-reactive ketones (excluding diaryl/α,β-unsaturated/α-hetero) is 1. The van der Waals surface area contributed by atoms with E-state index in [0.29, 0.717) is 0 Å². The van der Waals surface area contributed by atoms with E-state index in [1.54, 1.807) is 0 Å². The summed E-state index contributed by atoms with van der Waals surface area (Å²) < 4.78 is 27.5. The third-order valence-corrected chi connectivity index (χ3v) is 3.69. The van der Waals surface area contributed by atoms with Crippen LogP contribution in [0.25, 0.3) is 0 Å². The summed E-state index contributed by atoms with van der Waals surface area (Å²) in [7, 11) is 0. The summed E-state index contributed by atoms with van der Waals surface area (Å²) in [6.45, 7) is 1.19. The van der Waals surface area contributed by atoms with E-state index in [-0.39, 0.29) is 28.4 Å². The first-order valence-electron chi connectivity index (χ1n) is 7.01. The van der Waals surface area contributed by atoms with Crippen molar-refractivity contribution < 1.29 is 23.5 Å². The Labute approximate surface area is 142 Å². The second-order valence-corrected chi connectivity index (χ2v) is 5.69. The molecule has 0 heterocycles. The first-order valence-corrected chi connectivity index (χ1v) is 7.39. The maximum Gasteiger partial charge on any atom is 0.235 e. The monoisotopic (exact) mass is 353 g/mol. The quantitative estimate of drug-likeness (QED) is 0.805. The summed E-state index contributed by atoms with van der Waals surface area (Å²) >= 11 is 5.67. The molecule has 0 radical (unpaired) electrons. The fourth-order valence-electron chi connectivity index (χ4n) is 2.16. The molecule has 24 heavy (non-hydrogen) atoms. The zero-order valence-corrected chi connectivity index (χ0v) is 13.4. The Bertz CT molecular complexity index is 795. The summed E-state index contributed by atoms with van der Waals surface area (Å²) in [5, 5.41) is 11.8. The number of aromatic hydroxyl groups is 1. The van der Waals surface area contributed by atoms with Gasteiger partial charge in [0.1, 0.15) is 29.1 Å². The molecule has 0 saturated heterocycles. The molecule has 2 aromatic rings. The predicted molar refractivity (Wildman–Crippen MR) is 86.0 cm³/mol. The molecule has 0 aromatic heterocycles. The molecule has 0 bridgehead atoms. The Balaban J connectivity index is 2.22. The van der Waals surface area contributed by atoms with Gasteiger partial charge in [0.25, 0.3) is 0 Å². The number of phenolic OH excluding ortho intramolecular Hbond substituents is 1. The maximum atomic E-state index is 13.9. The standard InChI is InChI=1S/C17H14ClF2NO3/c1-9(22)13(6-10-2-3-11(18)7-15(10)20)17(24)21-16-8-12(23)4-5-14(16)19/h2-5,7-8,13,23H,6H2,1H3,(H,21,24). The number of carbonyl (C=O) groups excluding carboxylic acids is 2. The second kappa shape index (κ2) is 7.40. The molecule has 4 nitrogen and oxygen atoms in total. The van der Waals surface area contributed by atoms with Crippen molar-refractivity contribution >= 4 is 29.0 Å². The van der Waals surface area contributed by atoms with E-state index in [2.05, 4.69) is 5.32 Å². The van der Waals surface area contributed by atoms with Crippen molar-refractivity contribution in [2.24, 2.45) is 5.92 Å². The van der Waals surface area contributed by atoms with E-state index in [4.69, 9.17) is 11.6 Å². The van der Waals surface area contributed by atoms with E-state index in [0.717, 1.165) is 24.3 Å². The Hall–Kier alpha value is -2.47. The molecule has 1 atom stereocenters. The minimum absolute atomic E-state index is 0.145. The molecule has 0 aliphatic heterocycles. The third-order valence-electron chi connectivity index (χ3n) is 3.45. The summed E-state index contributed by atoms with van der Waals surface area (Å²) in [5.41, 5.74) is -0.117. The minimum atomic E-state index is -1.21. The molecule has 2 N–H and O–H groups in total. The van der Waals surface area contributed by atoms with E-state index in [9.17, 15) is 23.5 Å². The van der Waals surface area contributed by atoms with Gasteiger partial charge in [-0.15, -0.1) is 0 Å². The van der Waals surface area contributed by atoms with Crippen LogP contribution >= 0.6 is 11.6 Å². The number of carbonyl (C=O) groups is 2. The number of halogens is 3. The highest BCUT2D eigenvalue weighted by molar-refractivity contribution is 6.30. The number of hydrogen-bond donors (Lipinski definition) is 2. The van der Waals surface area contributed by atoms with Gasteiger partial charge in [0.05, 0.1) is 5.69 Å². The smallest absolute Gasteiger partial charge is 0.235 e. The van der Waals surface area contributed by atoms with E-state index in [1.807, 2.05) is 0 Å². The Morgan fingerprint density at radius 2 is 1.88 bits per heavy atom. The van der Waals surface area contributed by atoms with Crippen LogP contribution in [0.15, 0.2) is 36.4 Å². The van der Waals surface area contributed by atoms with Crippen molar-refractivity contribution in [3.63, 3.8) is 0 Å². The first kappa shape index (κ1) is 17.9. The molecule has 1 amide bonds. The largest absolute Gasteiger partial charge is 0.508 e. The van der Waals surface area contributed by atoms with Gasteiger partial charge in [0.15, 0.2) is 0 Å². The van der Waals surface area contributed by atoms with Crippen molar-refractivity contribution in [1.29, 1.82) is 0 Å². The van der Waals surface area contributed by atoms with E-state index >= 15 is 0 Å². The van der Waals surface area contributed by atoms with Crippen LogP contribution < -0.4 is 5.32 Å². The van der Waals surface area contributed by atoms with Crippen LogP contribution in [0.2, 0.25) is 5.02 Å². The van der Waals surface area contributed by atoms with Crippen LogP contribution in [-0.4, -0.2) is 16.8 Å². The van der Waals surface area contributed by atoms with Gasteiger partial charge in [-0.3, -0.25) is 9.59 Å². The summed E-state index contributed by atoms with van der Waals surface area (Å²) in [6, 6.07) is 7.04. The molecular weight excluding hydrogens is 340 g/mol. The molecule has 0 saturated carbocycles. The summed E-state index contributed by atoms with van der Waals surface area (Å²) in [6.07, 6.45) is -0.190. The molecule has 1 unspecified atom stereocenters. The average molecular weight is 354 g/mol. The SMILES string of the molecule is CC(=O)C(Cc1ccc(Cl)cc1F)C(=O)Nc1cc(O)ccc1F. The molecule has 0 fully saturated rings. The number of hydrogen-bond acceptors (Lipinski definition) is 3. The lowest BCUT2D eigenvalue weighted by molar-refractivity contribution is -0.129. The Morgan fingerprint density at radius 1 is 1.17 bits per heavy atom. The van der Waals surface area contributed by atoms with Crippen LogP contribution in [-0.2, 0) is 16.0 Å². The number of amides is 1. The fraction of sp³-hybridized carbons (Fsp3) is 0.176. The van der Waals surface area contributed by atoms with Gasteiger partial charge < -0.3 is 10.4 Å². The third kappa shape index (κ3) is 4.29. The van der Waals surface area contributed by atoms with Gasteiger partial charge in [0.2, 0.25) is 5.91 Å². The number of phenols is 1. The van der Waals surface area contributed by atoms with Gasteiger partial charge in [-0.25, -0.2) is 8.78 Å². The van der Waals surface area contributed by atoms with E-state index < -0.39 is 29.2 Å². The van der Waals surface area contributed by atoms with Crippen LogP contribution in [0.5, 0.6) is 5.75 Å². The Kier molecular flexibility index (Phi) is 5.51. The van der Waals surface area contributed by atoms with Crippen molar-refractivity contribution in [3.05, 3.63) is 58.6 Å². The molecule has 2 rings (SSSR count). The van der Waals surface area contributed by atoms with Gasteiger partial charge in [-0.05, 0) is 43.2 Å². The molecule has 126 valence electrons. The van der Waals surface area contributed by atoms with Crippen molar-refractivity contribution in [1.82, 2.24) is 0 Å². The van der Waals surface area contributed by atoms with Crippen LogP contribution in [0.1, 0.15) is 12.5 Å². The van der Waals surface area contributed by atoms with Gasteiger partial charge in [0, 0.05) is 11.1 Å². The zero-order valence-electron chi connectivity index (χ0n) is 12.6. The molecule has 0 aliphatic carbocycles. The molecular formula is C17H14ClF2NO3. The summed E-state index contributed by atoms with van der Waals surface area (Å²) in [5.74, 6) is -4.13. The second-order valence-electron chi connectivity index (χ2n) is 5.26. The summed E-state index contributed by atoms with van der Waals surface area (Å²) in [4.78, 5) is 24.0. The topological polar surface area (TPSA) is 66.4 Å². The van der Waals surface area contributed by atoms with Crippen molar-refractivity contribution in [2.75, 3.05) is 5.32 Å². The number of nitrogens with one attached hydrogen (secondary N) is 1. The van der Waals surface area contributed by atoms with E-state index in [1.165, 1.54) is 19.1 Å². The van der Waals surface area contributed by atoms with Crippen molar-refractivity contribution in [2.45, 2.75) is 13.3 Å². The minimum Gasteiger partial charge on any atom is -0.508 e. The lowest BCUT2D eigenvalue weighted by Crippen LogP contribution is -2.30. The van der Waals surface area contributed by atoms with Gasteiger partial charge >= 0.3 is 0 Å². The molecule has 0 aliphatic rings. The highest BCUT2D eigenvalue weighted by atomic mass is 35.5. The van der Waals surface area contributed by atoms with Crippen LogP contribution in [0.3, 0.4) is 0 Å². The average Bonchev–Trinajstić information content (AvgIpc) is 2.49. The highest BCUT2D eigenvalue weighted by Crippen LogP contribution is 2.23. The predicted octanol–water partition coefficient (Wildman–Crippen LogP) is 3.71.